The summed E-state index contributed by atoms with van der Waals surface area (Å²) in [7, 11) is 0. The van der Waals surface area contributed by atoms with Crippen molar-refractivity contribution in [3.8, 4) is 6.07 Å². The molecule has 0 radical (unpaired) electrons. The first kappa shape index (κ1) is 10.2. The first-order valence-corrected chi connectivity index (χ1v) is 4.93. The molecule has 1 heterocycles. The van der Waals surface area contributed by atoms with Gasteiger partial charge in [0, 0.05) is 31.1 Å². The third kappa shape index (κ3) is 2.37. The Balaban J connectivity index is 2.18. The lowest BCUT2D eigenvalue weighted by atomic mass is 10.1. The SMILES string of the molecule is N#Cc1ccc(Cn2ccc(=O)cc2)cc1. The van der Waals surface area contributed by atoms with E-state index in [1.54, 1.807) is 24.5 Å². The minimum absolute atomic E-state index is 0.0103. The average Bonchev–Trinajstić information content (AvgIpc) is 2.33. The number of benzene rings is 1. The van der Waals surface area contributed by atoms with Gasteiger partial charge in [0.2, 0.25) is 0 Å². The Labute approximate surface area is 93.2 Å². The third-order valence-electron chi connectivity index (χ3n) is 2.31. The van der Waals surface area contributed by atoms with Crippen LogP contribution in [0.3, 0.4) is 0 Å². The van der Waals surface area contributed by atoms with E-state index >= 15 is 0 Å². The summed E-state index contributed by atoms with van der Waals surface area (Å²) >= 11 is 0. The van der Waals surface area contributed by atoms with Crippen LogP contribution >= 0.6 is 0 Å². The van der Waals surface area contributed by atoms with Crippen molar-refractivity contribution in [2.24, 2.45) is 0 Å². The van der Waals surface area contributed by atoms with Gasteiger partial charge in [-0.25, -0.2) is 0 Å². The lowest BCUT2D eigenvalue weighted by Gasteiger charge is -2.05. The molecular formula is C13H10N2O. The van der Waals surface area contributed by atoms with Gasteiger partial charge in [-0.2, -0.15) is 5.26 Å². The minimum atomic E-state index is 0.0103. The molecule has 0 fully saturated rings. The van der Waals surface area contributed by atoms with Gasteiger partial charge in [0.05, 0.1) is 11.6 Å². The van der Waals surface area contributed by atoms with Crippen molar-refractivity contribution in [1.29, 1.82) is 5.26 Å². The van der Waals surface area contributed by atoms with E-state index in [0.29, 0.717) is 12.1 Å². The molecule has 16 heavy (non-hydrogen) atoms. The molecule has 0 unspecified atom stereocenters. The molecule has 1 aromatic carbocycles. The van der Waals surface area contributed by atoms with Crippen LogP contribution in [0.1, 0.15) is 11.1 Å². The first-order chi connectivity index (χ1) is 7.78. The smallest absolute Gasteiger partial charge is 0.181 e. The van der Waals surface area contributed by atoms with Gasteiger partial charge < -0.3 is 4.57 Å². The lowest BCUT2D eigenvalue weighted by Crippen LogP contribution is -2.04. The molecule has 0 spiro atoms. The van der Waals surface area contributed by atoms with Crippen LogP contribution in [-0.4, -0.2) is 4.57 Å². The van der Waals surface area contributed by atoms with Crippen LogP contribution in [0.25, 0.3) is 0 Å². The quantitative estimate of drug-likeness (QED) is 0.758. The summed E-state index contributed by atoms with van der Waals surface area (Å²) in [5.74, 6) is 0. The second-order valence-corrected chi connectivity index (χ2v) is 3.51. The summed E-state index contributed by atoms with van der Waals surface area (Å²) in [6.07, 6.45) is 3.50. The highest BCUT2D eigenvalue weighted by Gasteiger charge is 1.94. The fourth-order valence-corrected chi connectivity index (χ4v) is 1.44. The summed E-state index contributed by atoms with van der Waals surface area (Å²) in [5.41, 5.74) is 1.77. The largest absolute Gasteiger partial charge is 0.350 e. The number of aromatic nitrogens is 1. The Hall–Kier alpha value is -2.34. The molecule has 0 atom stereocenters. The van der Waals surface area contributed by atoms with Crippen molar-refractivity contribution in [1.82, 2.24) is 4.57 Å². The van der Waals surface area contributed by atoms with Gasteiger partial charge in [0.25, 0.3) is 0 Å². The number of hydrogen-bond acceptors (Lipinski definition) is 2. The zero-order valence-electron chi connectivity index (χ0n) is 8.63. The van der Waals surface area contributed by atoms with E-state index in [1.165, 1.54) is 12.1 Å². The summed E-state index contributed by atoms with van der Waals surface area (Å²) in [6.45, 7) is 0.700. The van der Waals surface area contributed by atoms with Gasteiger partial charge in [-0.05, 0) is 17.7 Å². The van der Waals surface area contributed by atoms with E-state index in [9.17, 15) is 4.79 Å². The van der Waals surface area contributed by atoms with Crippen molar-refractivity contribution in [3.63, 3.8) is 0 Å². The molecule has 0 bridgehead atoms. The molecule has 0 aliphatic rings. The summed E-state index contributed by atoms with van der Waals surface area (Å²) in [6, 6.07) is 12.5. The Morgan fingerprint density at radius 3 is 2.25 bits per heavy atom. The molecule has 3 nitrogen and oxygen atoms in total. The number of pyridine rings is 1. The van der Waals surface area contributed by atoms with E-state index in [4.69, 9.17) is 5.26 Å². The number of nitrogens with zero attached hydrogens (tertiary/aromatic N) is 2. The molecule has 0 aliphatic carbocycles. The maximum absolute atomic E-state index is 10.9. The summed E-state index contributed by atoms with van der Waals surface area (Å²) < 4.78 is 1.92. The molecule has 0 amide bonds. The molecule has 2 rings (SSSR count). The standard InChI is InChI=1S/C13H10N2O/c14-9-11-1-3-12(4-2-11)10-15-7-5-13(16)6-8-15/h1-8H,10H2. The Kier molecular flexibility index (Phi) is 2.84. The van der Waals surface area contributed by atoms with Gasteiger partial charge >= 0.3 is 0 Å². The van der Waals surface area contributed by atoms with Gasteiger partial charge in [0.1, 0.15) is 0 Å². The number of nitriles is 1. The third-order valence-corrected chi connectivity index (χ3v) is 2.31. The molecule has 1 aromatic heterocycles. The van der Waals surface area contributed by atoms with E-state index in [1.807, 2.05) is 16.7 Å². The van der Waals surface area contributed by atoms with Crippen molar-refractivity contribution < 1.29 is 0 Å². The first-order valence-electron chi connectivity index (χ1n) is 4.93. The Morgan fingerprint density at radius 2 is 1.69 bits per heavy atom. The maximum Gasteiger partial charge on any atom is 0.181 e. The van der Waals surface area contributed by atoms with Crippen molar-refractivity contribution >= 4 is 0 Å². The van der Waals surface area contributed by atoms with Crippen LogP contribution in [0.5, 0.6) is 0 Å². The second-order valence-electron chi connectivity index (χ2n) is 3.51. The highest BCUT2D eigenvalue weighted by molar-refractivity contribution is 5.31. The van der Waals surface area contributed by atoms with Gasteiger partial charge in [0.15, 0.2) is 5.43 Å². The van der Waals surface area contributed by atoms with Crippen molar-refractivity contribution in [3.05, 3.63) is 70.1 Å². The predicted molar refractivity (Wildman–Crippen MR) is 61.0 cm³/mol. The molecule has 0 saturated heterocycles. The normalized spacial score (nSPS) is 9.69. The van der Waals surface area contributed by atoms with E-state index in [2.05, 4.69) is 6.07 Å². The average molecular weight is 210 g/mol. The highest BCUT2D eigenvalue weighted by atomic mass is 16.1. The Morgan fingerprint density at radius 1 is 1.06 bits per heavy atom. The van der Waals surface area contributed by atoms with E-state index < -0.39 is 0 Å². The highest BCUT2D eigenvalue weighted by Crippen LogP contribution is 2.04. The van der Waals surface area contributed by atoms with Crippen LogP contribution < -0.4 is 5.43 Å². The zero-order chi connectivity index (χ0) is 11.4. The fraction of sp³-hybridized carbons (Fsp3) is 0.0769. The topological polar surface area (TPSA) is 45.8 Å². The van der Waals surface area contributed by atoms with Crippen LogP contribution in [0.4, 0.5) is 0 Å². The van der Waals surface area contributed by atoms with Gasteiger partial charge in [-0.15, -0.1) is 0 Å². The van der Waals surface area contributed by atoms with Crippen LogP contribution in [-0.2, 0) is 6.54 Å². The minimum Gasteiger partial charge on any atom is -0.350 e. The van der Waals surface area contributed by atoms with E-state index in [0.717, 1.165) is 5.56 Å². The molecule has 0 aliphatic heterocycles. The molecule has 3 heteroatoms. The molecule has 0 saturated carbocycles. The molecular weight excluding hydrogens is 200 g/mol. The number of rotatable bonds is 2. The second kappa shape index (κ2) is 4.45. The van der Waals surface area contributed by atoms with Gasteiger partial charge in [-0.1, -0.05) is 12.1 Å². The zero-order valence-corrected chi connectivity index (χ0v) is 8.63. The monoisotopic (exact) mass is 210 g/mol. The van der Waals surface area contributed by atoms with E-state index in [-0.39, 0.29) is 5.43 Å². The molecule has 2 aromatic rings. The predicted octanol–water partition coefficient (Wildman–Crippen LogP) is 1.77. The molecule has 78 valence electrons. The molecule has 0 N–H and O–H groups in total. The maximum atomic E-state index is 10.9. The lowest BCUT2D eigenvalue weighted by molar-refractivity contribution is 0.789. The number of hydrogen-bond donors (Lipinski definition) is 0. The van der Waals surface area contributed by atoms with Crippen molar-refractivity contribution in [2.45, 2.75) is 6.54 Å². The van der Waals surface area contributed by atoms with Crippen LogP contribution in [0.15, 0.2) is 53.6 Å². The van der Waals surface area contributed by atoms with Crippen LogP contribution in [0, 0.1) is 11.3 Å². The van der Waals surface area contributed by atoms with Crippen molar-refractivity contribution in [2.75, 3.05) is 0 Å². The summed E-state index contributed by atoms with van der Waals surface area (Å²) in [4.78, 5) is 10.9. The van der Waals surface area contributed by atoms with Crippen LogP contribution in [0.2, 0.25) is 0 Å². The Bertz CT molecular complexity index is 556. The fourth-order valence-electron chi connectivity index (χ4n) is 1.44. The summed E-state index contributed by atoms with van der Waals surface area (Å²) in [5, 5.41) is 8.66. The van der Waals surface area contributed by atoms with Gasteiger partial charge in [-0.3, -0.25) is 4.79 Å².